The minimum Gasteiger partial charge on any atom is -0.378 e. The Morgan fingerprint density at radius 3 is 2.27 bits per heavy atom. The summed E-state index contributed by atoms with van der Waals surface area (Å²) >= 11 is 0. The van der Waals surface area contributed by atoms with Gasteiger partial charge in [0.25, 0.3) is 5.91 Å². The molecule has 2 rings (SSSR count). The summed E-state index contributed by atoms with van der Waals surface area (Å²) in [5, 5.41) is 11.8. The number of carbonyl (C=O) groups is 1. The SMILES string of the molecule is CN(C)c1ccc(C=C(C#N)NC(=O)c2ccccc2)cc1. The summed E-state index contributed by atoms with van der Waals surface area (Å²) in [6.45, 7) is 0. The molecule has 0 aromatic heterocycles. The molecule has 0 atom stereocenters. The lowest BCUT2D eigenvalue weighted by Gasteiger charge is -2.12. The Kier molecular flexibility index (Phi) is 4.94. The molecule has 0 unspecified atom stereocenters. The van der Waals surface area contributed by atoms with Crippen molar-refractivity contribution in [1.29, 1.82) is 5.26 Å². The van der Waals surface area contributed by atoms with Crippen LogP contribution in [0.5, 0.6) is 0 Å². The van der Waals surface area contributed by atoms with Gasteiger partial charge in [-0.2, -0.15) is 5.26 Å². The molecule has 0 spiro atoms. The van der Waals surface area contributed by atoms with Gasteiger partial charge < -0.3 is 10.2 Å². The molecule has 0 aliphatic rings. The van der Waals surface area contributed by atoms with Crippen LogP contribution in [0.25, 0.3) is 6.08 Å². The summed E-state index contributed by atoms with van der Waals surface area (Å²) in [5.74, 6) is -0.293. The third-order valence-corrected chi connectivity index (χ3v) is 3.13. The second kappa shape index (κ2) is 7.09. The maximum atomic E-state index is 12.0. The van der Waals surface area contributed by atoms with Gasteiger partial charge in [-0.1, -0.05) is 30.3 Å². The number of hydrogen-bond acceptors (Lipinski definition) is 3. The second-order valence-electron chi connectivity index (χ2n) is 4.98. The highest BCUT2D eigenvalue weighted by molar-refractivity contribution is 5.96. The number of amides is 1. The van der Waals surface area contributed by atoms with E-state index < -0.39 is 0 Å². The maximum Gasteiger partial charge on any atom is 0.256 e. The Balaban J connectivity index is 2.14. The van der Waals surface area contributed by atoms with Gasteiger partial charge in [-0.15, -0.1) is 0 Å². The average Bonchev–Trinajstić information content (AvgIpc) is 2.55. The predicted molar refractivity (Wildman–Crippen MR) is 88.3 cm³/mol. The third-order valence-electron chi connectivity index (χ3n) is 3.13. The average molecular weight is 291 g/mol. The van der Waals surface area contributed by atoms with Crippen LogP contribution in [0.3, 0.4) is 0 Å². The molecule has 0 heterocycles. The van der Waals surface area contributed by atoms with Crippen LogP contribution in [0, 0.1) is 11.3 Å². The molecule has 110 valence electrons. The second-order valence-corrected chi connectivity index (χ2v) is 4.98. The molecule has 0 aliphatic carbocycles. The van der Waals surface area contributed by atoms with Crippen molar-refractivity contribution < 1.29 is 4.79 Å². The molecule has 0 saturated carbocycles. The number of nitrogens with one attached hydrogen (secondary N) is 1. The topological polar surface area (TPSA) is 56.1 Å². The van der Waals surface area contributed by atoms with E-state index in [-0.39, 0.29) is 11.6 Å². The summed E-state index contributed by atoms with van der Waals surface area (Å²) in [6.07, 6.45) is 1.65. The molecule has 22 heavy (non-hydrogen) atoms. The van der Waals surface area contributed by atoms with Crippen molar-refractivity contribution in [3.8, 4) is 6.07 Å². The van der Waals surface area contributed by atoms with Crippen LogP contribution in [0.15, 0.2) is 60.3 Å². The van der Waals surface area contributed by atoms with Crippen molar-refractivity contribution in [3.05, 3.63) is 71.4 Å². The van der Waals surface area contributed by atoms with Gasteiger partial charge >= 0.3 is 0 Å². The highest BCUT2D eigenvalue weighted by Gasteiger charge is 2.06. The Morgan fingerprint density at radius 1 is 1.09 bits per heavy atom. The monoisotopic (exact) mass is 291 g/mol. The van der Waals surface area contributed by atoms with E-state index in [2.05, 4.69) is 5.32 Å². The molecule has 4 nitrogen and oxygen atoms in total. The van der Waals surface area contributed by atoms with E-state index in [9.17, 15) is 10.1 Å². The largest absolute Gasteiger partial charge is 0.378 e. The first-order valence-corrected chi connectivity index (χ1v) is 6.86. The number of carbonyl (C=O) groups excluding carboxylic acids is 1. The number of anilines is 1. The van der Waals surface area contributed by atoms with Crippen LogP contribution in [0.2, 0.25) is 0 Å². The first kappa shape index (κ1) is 15.3. The van der Waals surface area contributed by atoms with Gasteiger partial charge in [0.2, 0.25) is 0 Å². The van der Waals surface area contributed by atoms with Crippen molar-refractivity contribution in [2.24, 2.45) is 0 Å². The quantitative estimate of drug-likeness (QED) is 0.881. The molecular formula is C18H17N3O. The van der Waals surface area contributed by atoms with Gasteiger partial charge in [0.05, 0.1) is 0 Å². The van der Waals surface area contributed by atoms with Gasteiger partial charge in [0.15, 0.2) is 0 Å². The zero-order valence-electron chi connectivity index (χ0n) is 12.6. The molecular weight excluding hydrogens is 274 g/mol. The van der Waals surface area contributed by atoms with Crippen molar-refractivity contribution >= 4 is 17.7 Å². The highest BCUT2D eigenvalue weighted by atomic mass is 16.1. The van der Waals surface area contributed by atoms with E-state index in [0.717, 1.165) is 11.3 Å². The zero-order valence-corrected chi connectivity index (χ0v) is 12.6. The Labute approximate surface area is 130 Å². The number of nitriles is 1. The zero-order chi connectivity index (χ0) is 15.9. The molecule has 4 heteroatoms. The molecule has 0 fully saturated rings. The standard InChI is InChI=1S/C18H17N3O/c1-21(2)17-10-8-14(9-11-17)12-16(13-19)20-18(22)15-6-4-3-5-7-15/h3-12H,1-2H3,(H,20,22). The van der Waals surface area contributed by atoms with Crippen LogP contribution in [-0.4, -0.2) is 20.0 Å². The molecule has 0 radical (unpaired) electrons. The molecule has 0 bridgehead atoms. The van der Waals surface area contributed by atoms with Crippen LogP contribution in [0.1, 0.15) is 15.9 Å². The van der Waals surface area contributed by atoms with Crippen molar-refractivity contribution in [2.75, 3.05) is 19.0 Å². The molecule has 1 N–H and O–H groups in total. The first-order chi connectivity index (χ1) is 10.6. The van der Waals surface area contributed by atoms with Crippen LogP contribution >= 0.6 is 0 Å². The lowest BCUT2D eigenvalue weighted by molar-refractivity contribution is 0.0968. The smallest absolute Gasteiger partial charge is 0.256 e. The van der Waals surface area contributed by atoms with E-state index in [1.54, 1.807) is 30.3 Å². The third kappa shape index (κ3) is 3.97. The highest BCUT2D eigenvalue weighted by Crippen LogP contribution is 2.14. The number of nitrogens with zero attached hydrogens (tertiary/aromatic N) is 2. The summed E-state index contributed by atoms with van der Waals surface area (Å²) in [7, 11) is 3.93. The minimum absolute atomic E-state index is 0.214. The van der Waals surface area contributed by atoms with Gasteiger partial charge in [-0.25, -0.2) is 0 Å². The summed E-state index contributed by atoms with van der Waals surface area (Å²) < 4.78 is 0. The Bertz CT molecular complexity index is 710. The fourth-order valence-electron chi connectivity index (χ4n) is 1.92. The normalized spacial score (nSPS) is 10.7. The van der Waals surface area contributed by atoms with Crippen LogP contribution < -0.4 is 10.2 Å². The fourth-order valence-corrected chi connectivity index (χ4v) is 1.92. The summed E-state index contributed by atoms with van der Waals surface area (Å²) in [5.41, 5.74) is 2.66. The van der Waals surface area contributed by atoms with Crippen molar-refractivity contribution in [2.45, 2.75) is 0 Å². The number of rotatable bonds is 4. The minimum atomic E-state index is -0.293. The summed E-state index contributed by atoms with van der Waals surface area (Å²) in [4.78, 5) is 14.0. The van der Waals surface area contributed by atoms with Gasteiger partial charge in [-0.05, 0) is 35.9 Å². The maximum absolute atomic E-state index is 12.0. The van der Waals surface area contributed by atoms with E-state index in [1.165, 1.54) is 0 Å². The molecule has 0 saturated heterocycles. The van der Waals surface area contributed by atoms with Crippen LogP contribution in [0.4, 0.5) is 5.69 Å². The van der Waals surface area contributed by atoms with Gasteiger partial charge in [-0.3, -0.25) is 4.79 Å². The van der Waals surface area contributed by atoms with Crippen molar-refractivity contribution in [1.82, 2.24) is 5.32 Å². The lowest BCUT2D eigenvalue weighted by Crippen LogP contribution is -2.21. The van der Waals surface area contributed by atoms with E-state index in [0.29, 0.717) is 5.56 Å². The van der Waals surface area contributed by atoms with Gasteiger partial charge in [0, 0.05) is 25.3 Å². The Hall–Kier alpha value is -3.06. The number of allylic oxidation sites excluding steroid dienone is 1. The fraction of sp³-hybridized carbons (Fsp3) is 0.111. The van der Waals surface area contributed by atoms with E-state index >= 15 is 0 Å². The molecule has 2 aromatic rings. The summed E-state index contributed by atoms with van der Waals surface area (Å²) in [6, 6.07) is 18.5. The van der Waals surface area contributed by atoms with Crippen LogP contribution in [-0.2, 0) is 0 Å². The number of hydrogen-bond donors (Lipinski definition) is 1. The molecule has 2 aromatic carbocycles. The number of benzene rings is 2. The molecule has 0 aliphatic heterocycles. The Morgan fingerprint density at radius 2 is 1.73 bits per heavy atom. The lowest BCUT2D eigenvalue weighted by atomic mass is 10.1. The first-order valence-electron chi connectivity index (χ1n) is 6.86. The molecule has 1 amide bonds. The van der Waals surface area contributed by atoms with Crippen molar-refractivity contribution in [3.63, 3.8) is 0 Å². The van der Waals surface area contributed by atoms with Gasteiger partial charge in [0.1, 0.15) is 11.8 Å². The van der Waals surface area contributed by atoms with E-state index in [4.69, 9.17) is 0 Å². The van der Waals surface area contributed by atoms with E-state index in [1.807, 2.05) is 55.4 Å². The predicted octanol–water partition coefficient (Wildman–Crippen LogP) is 3.05.